The van der Waals surface area contributed by atoms with Gasteiger partial charge in [-0.15, -0.1) is 12.6 Å². The summed E-state index contributed by atoms with van der Waals surface area (Å²) >= 11 is 10.6. The summed E-state index contributed by atoms with van der Waals surface area (Å²) in [4.78, 5) is 27.1. The second-order valence-electron chi connectivity index (χ2n) is 6.70. The molecule has 0 bridgehead atoms. The molecule has 0 saturated carbocycles. The van der Waals surface area contributed by atoms with Gasteiger partial charge in [0.25, 0.3) is 5.91 Å². The first kappa shape index (κ1) is 20.0. The lowest BCUT2D eigenvalue weighted by Crippen LogP contribution is -2.45. The normalized spacial score (nSPS) is 18.3. The van der Waals surface area contributed by atoms with Crippen molar-refractivity contribution >= 4 is 47.5 Å². The Morgan fingerprint density at radius 1 is 1.29 bits per heavy atom. The minimum atomic E-state index is -1.38. The molecule has 6 nitrogen and oxygen atoms in total. The molecule has 1 heterocycles. The molecular weight excluding hydrogens is 405 g/mol. The second-order valence-corrected chi connectivity index (χ2v) is 7.56. The van der Waals surface area contributed by atoms with Crippen LogP contribution in [-0.4, -0.2) is 28.0 Å². The molecule has 0 aliphatic carbocycles. The number of nitrogens with zero attached hydrogens (tertiary/aromatic N) is 3. The van der Waals surface area contributed by atoms with E-state index >= 15 is 0 Å². The van der Waals surface area contributed by atoms with Crippen LogP contribution in [0.5, 0.6) is 0 Å². The molecule has 2 aromatic carbocycles. The summed E-state index contributed by atoms with van der Waals surface area (Å²) in [5.41, 5.74) is -1.34. The molecule has 144 valence electrons. The number of aromatic carboxylic acids is 1. The van der Waals surface area contributed by atoms with E-state index in [1.165, 1.54) is 23.1 Å². The van der Waals surface area contributed by atoms with E-state index in [1.54, 1.807) is 24.8 Å². The Labute approximate surface area is 171 Å². The number of carbonyl (C=O) groups is 2. The van der Waals surface area contributed by atoms with E-state index < -0.39 is 28.4 Å². The lowest BCUT2D eigenvalue weighted by Gasteiger charge is -2.33. The van der Waals surface area contributed by atoms with Gasteiger partial charge < -0.3 is 10.0 Å². The van der Waals surface area contributed by atoms with Crippen molar-refractivity contribution in [2.75, 3.05) is 9.80 Å². The maximum absolute atomic E-state index is 14.2. The van der Waals surface area contributed by atoms with Gasteiger partial charge in [-0.1, -0.05) is 11.6 Å². The number of carboxylic acids is 1. The van der Waals surface area contributed by atoms with Crippen molar-refractivity contribution in [2.45, 2.75) is 24.9 Å². The molecule has 0 radical (unpaired) electrons. The van der Waals surface area contributed by atoms with Gasteiger partial charge in [0.15, 0.2) is 5.50 Å². The largest absolute Gasteiger partial charge is 0.478 e. The van der Waals surface area contributed by atoms with Gasteiger partial charge in [-0.3, -0.25) is 9.69 Å². The average Bonchev–Trinajstić information content (AvgIpc) is 2.79. The number of thiol groups is 1. The van der Waals surface area contributed by atoms with Gasteiger partial charge >= 0.3 is 5.97 Å². The molecule has 28 heavy (non-hydrogen) atoms. The van der Waals surface area contributed by atoms with Gasteiger partial charge in [0.2, 0.25) is 0 Å². The van der Waals surface area contributed by atoms with Crippen LogP contribution < -0.4 is 9.80 Å². The minimum absolute atomic E-state index is 0.196. The van der Waals surface area contributed by atoms with Crippen LogP contribution >= 0.6 is 24.2 Å². The lowest BCUT2D eigenvalue weighted by atomic mass is 10.0. The summed E-state index contributed by atoms with van der Waals surface area (Å²) < 4.78 is 14.2. The second kappa shape index (κ2) is 7.00. The van der Waals surface area contributed by atoms with Crippen molar-refractivity contribution < 1.29 is 19.1 Å². The van der Waals surface area contributed by atoms with Crippen molar-refractivity contribution in [1.29, 1.82) is 5.26 Å². The smallest absolute Gasteiger partial charge is 0.338 e. The molecule has 1 amide bonds. The Balaban J connectivity index is 2.06. The Bertz CT molecular complexity index is 1040. The molecule has 1 aliphatic rings. The highest BCUT2D eigenvalue weighted by Crippen LogP contribution is 2.41. The molecule has 1 atom stereocenters. The number of hydrogen-bond donors (Lipinski definition) is 2. The van der Waals surface area contributed by atoms with Crippen LogP contribution in [0.1, 0.15) is 29.8 Å². The molecule has 1 fully saturated rings. The zero-order chi connectivity index (χ0) is 20.8. The van der Waals surface area contributed by atoms with Gasteiger partial charge in [-0.05, 0) is 50.2 Å². The standard InChI is InChI=1S/C19H15ClFN3O3S/c1-19(2)17(27)23(11-4-3-10(9-22)14(20)7-11)18(28)24(19)12-5-6-13(16(25)26)15(21)8-12/h3-8,18,28H,1-2H3,(H,25,26). The van der Waals surface area contributed by atoms with Crippen LogP contribution in [0.2, 0.25) is 5.02 Å². The van der Waals surface area contributed by atoms with Crippen LogP contribution in [0.25, 0.3) is 0 Å². The molecule has 1 aliphatic heterocycles. The third-order valence-electron chi connectivity index (χ3n) is 4.62. The quantitative estimate of drug-likeness (QED) is 0.737. The van der Waals surface area contributed by atoms with Crippen LogP contribution in [0.15, 0.2) is 36.4 Å². The topological polar surface area (TPSA) is 84.6 Å². The molecule has 3 rings (SSSR count). The van der Waals surface area contributed by atoms with Gasteiger partial charge in [0.05, 0.1) is 16.1 Å². The number of hydrogen-bond acceptors (Lipinski definition) is 5. The number of carbonyl (C=O) groups excluding carboxylic acids is 1. The SMILES string of the molecule is CC1(C)C(=O)N(c2ccc(C#N)c(Cl)c2)C(S)N1c1ccc(C(=O)O)c(F)c1. The summed E-state index contributed by atoms with van der Waals surface area (Å²) in [7, 11) is 0. The summed E-state index contributed by atoms with van der Waals surface area (Å²) in [6.07, 6.45) is 0. The predicted octanol–water partition coefficient (Wildman–Crippen LogP) is 3.89. The molecule has 0 aromatic heterocycles. The van der Waals surface area contributed by atoms with E-state index in [0.29, 0.717) is 11.4 Å². The highest BCUT2D eigenvalue weighted by molar-refractivity contribution is 7.81. The third-order valence-corrected chi connectivity index (χ3v) is 5.39. The molecule has 1 unspecified atom stereocenters. The molecule has 1 saturated heterocycles. The van der Waals surface area contributed by atoms with Crippen LogP contribution in [-0.2, 0) is 4.79 Å². The van der Waals surface area contributed by atoms with Crippen molar-refractivity contribution in [3.8, 4) is 6.07 Å². The monoisotopic (exact) mass is 419 g/mol. The van der Waals surface area contributed by atoms with Crippen molar-refractivity contribution in [2.24, 2.45) is 0 Å². The zero-order valence-electron chi connectivity index (χ0n) is 14.8. The number of nitriles is 1. The predicted molar refractivity (Wildman–Crippen MR) is 106 cm³/mol. The Kier molecular flexibility index (Phi) is 5.00. The fraction of sp³-hybridized carbons (Fsp3) is 0.211. The lowest BCUT2D eigenvalue weighted by molar-refractivity contribution is -0.120. The van der Waals surface area contributed by atoms with Crippen LogP contribution in [0.4, 0.5) is 15.8 Å². The summed E-state index contributed by atoms with van der Waals surface area (Å²) in [6.45, 7) is 3.32. The van der Waals surface area contributed by atoms with E-state index in [4.69, 9.17) is 22.0 Å². The number of carboxylic acid groups (broad SMARTS) is 1. The maximum atomic E-state index is 14.2. The van der Waals surface area contributed by atoms with E-state index in [0.717, 1.165) is 12.1 Å². The van der Waals surface area contributed by atoms with Gasteiger partial charge in [0.1, 0.15) is 17.4 Å². The first-order chi connectivity index (χ1) is 13.1. The van der Waals surface area contributed by atoms with Gasteiger partial charge in [0, 0.05) is 11.4 Å². The summed E-state index contributed by atoms with van der Waals surface area (Å²) in [6, 6.07) is 10.2. The molecule has 1 N–H and O–H groups in total. The summed E-state index contributed by atoms with van der Waals surface area (Å²) in [5, 5.41) is 18.2. The minimum Gasteiger partial charge on any atom is -0.478 e. The molecule has 2 aromatic rings. The fourth-order valence-corrected chi connectivity index (χ4v) is 4.06. The third kappa shape index (κ3) is 3.07. The first-order valence-electron chi connectivity index (χ1n) is 8.13. The maximum Gasteiger partial charge on any atom is 0.338 e. The summed E-state index contributed by atoms with van der Waals surface area (Å²) in [5.74, 6) is -2.60. The number of anilines is 2. The Hall–Kier alpha value is -2.76. The van der Waals surface area contributed by atoms with Crippen LogP contribution in [0, 0.1) is 17.1 Å². The number of amides is 1. The molecule has 9 heteroatoms. The number of rotatable bonds is 3. The molecule has 0 spiro atoms. The number of halogens is 2. The fourth-order valence-electron chi connectivity index (χ4n) is 3.19. The average molecular weight is 420 g/mol. The van der Waals surface area contributed by atoms with E-state index in [-0.39, 0.29) is 16.5 Å². The van der Waals surface area contributed by atoms with E-state index in [9.17, 15) is 14.0 Å². The van der Waals surface area contributed by atoms with E-state index in [1.807, 2.05) is 6.07 Å². The Morgan fingerprint density at radius 3 is 2.46 bits per heavy atom. The Morgan fingerprint density at radius 2 is 1.93 bits per heavy atom. The van der Waals surface area contributed by atoms with Crippen molar-refractivity contribution in [3.05, 3.63) is 58.4 Å². The number of benzene rings is 2. The highest BCUT2D eigenvalue weighted by Gasteiger charge is 2.51. The highest BCUT2D eigenvalue weighted by atomic mass is 35.5. The zero-order valence-corrected chi connectivity index (χ0v) is 16.5. The van der Waals surface area contributed by atoms with Gasteiger partial charge in [-0.25, -0.2) is 9.18 Å². The van der Waals surface area contributed by atoms with Gasteiger partial charge in [-0.2, -0.15) is 5.26 Å². The van der Waals surface area contributed by atoms with E-state index in [2.05, 4.69) is 12.6 Å². The van der Waals surface area contributed by atoms with Crippen LogP contribution in [0.3, 0.4) is 0 Å². The van der Waals surface area contributed by atoms with Crippen molar-refractivity contribution in [1.82, 2.24) is 0 Å². The molecular formula is C19H15ClFN3O3S. The van der Waals surface area contributed by atoms with Crippen molar-refractivity contribution in [3.63, 3.8) is 0 Å². The first-order valence-corrected chi connectivity index (χ1v) is 9.02.